The highest BCUT2D eigenvalue weighted by molar-refractivity contribution is 5.97. The van der Waals surface area contributed by atoms with E-state index in [2.05, 4.69) is 16.5 Å². The number of hydrogen-bond acceptors (Lipinski definition) is 3. The van der Waals surface area contributed by atoms with Crippen molar-refractivity contribution in [2.45, 2.75) is 13.3 Å². The number of hydrogen-bond donors (Lipinski definition) is 2. The fourth-order valence-corrected chi connectivity index (χ4v) is 1.02. The molecule has 10 heavy (non-hydrogen) atoms. The summed E-state index contributed by atoms with van der Waals surface area (Å²) in [5.74, 6) is 0. The molecule has 0 saturated heterocycles. The summed E-state index contributed by atoms with van der Waals surface area (Å²) < 4.78 is 0. The monoisotopic (exact) mass is 140 g/mol. The maximum atomic E-state index is 8.41. The van der Waals surface area contributed by atoms with Crippen molar-refractivity contribution in [3.05, 3.63) is 11.6 Å². The molecule has 1 heterocycles. The molecule has 0 atom stereocenters. The molecular weight excluding hydrogens is 128 g/mol. The summed E-state index contributed by atoms with van der Waals surface area (Å²) in [5, 5.41) is 14.7. The maximum absolute atomic E-state index is 8.41. The van der Waals surface area contributed by atoms with Gasteiger partial charge in [0, 0.05) is 6.54 Å². The van der Waals surface area contributed by atoms with Gasteiger partial charge in [-0.15, -0.1) is 0 Å². The average molecular weight is 140 g/mol. The molecule has 1 aliphatic heterocycles. The van der Waals surface area contributed by atoms with E-state index in [-0.39, 0.29) is 0 Å². The minimum Gasteiger partial charge on any atom is -0.411 e. The van der Waals surface area contributed by atoms with Gasteiger partial charge in [0.2, 0.25) is 0 Å². The fraction of sp³-hybridized carbons (Fsp3) is 0.571. The van der Waals surface area contributed by atoms with E-state index in [1.807, 2.05) is 6.92 Å². The van der Waals surface area contributed by atoms with E-state index in [9.17, 15) is 0 Å². The highest BCUT2D eigenvalue weighted by atomic mass is 16.4. The van der Waals surface area contributed by atoms with Crippen LogP contribution in [0.2, 0.25) is 0 Å². The van der Waals surface area contributed by atoms with Gasteiger partial charge < -0.3 is 10.5 Å². The first kappa shape index (κ1) is 7.28. The van der Waals surface area contributed by atoms with Gasteiger partial charge in [-0.05, 0) is 25.5 Å². The molecule has 2 N–H and O–H groups in total. The molecule has 0 aromatic carbocycles. The van der Waals surface area contributed by atoms with Crippen molar-refractivity contribution in [1.29, 1.82) is 0 Å². The van der Waals surface area contributed by atoms with Crippen molar-refractivity contribution in [3.63, 3.8) is 0 Å². The molecule has 0 aliphatic carbocycles. The highest BCUT2D eigenvalue weighted by Gasteiger charge is 2.04. The minimum atomic E-state index is 0.738. The van der Waals surface area contributed by atoms with Gasteiger partial charge in [-0.3, -0.25) is 0 Å². The van der Waals surface area contributed by atoms with Gasteiger partial charge >= 0.3 is 0 Å². The molecule has 0 spiro atoms. The zero-order valence-electron chi connectivity index (χ0n) is 6.09. The van der Waals surface area contributed by atoms with Gasteiger partial charge in [-0.2, -0.15) is 0 Å². The second-order valence-corrected chi connectivity index (χ2v) is 2.37. The fourth-order valence-electron chi connectivity index (χ4n) is 1.02. The topological polar surface area (TPSA) is 44.6 Å². The predicted molar refractivity (Wildman–Crippen MR) is 40.5 cm³/mol. The van der Waals surface area contributed by atoms with Gasteiger partial charge in [0.25, 0.3) is 0 Å². The normalized spacial score (nSPS) is 20.5. The van der Waals surface area contributed by atoms with E-state index in [1.54, 1.807) is 0 Å². The minimum absolute atomic E-state index is 0.738. The molecule has 0 fully saturated rings. The Bertz CT molecular complexity index is 172. The van der Waals surface area contributed by atoms with Crippen LogP contribution in [0.5, 0.6) is 0 Å². The molecule has 56 valence electrons. The lowest BCUT2D eigenvalue weighted by Crippen LogP contribution is -2.22. The van der Waals surface area contributed by atoms with E-state index in [0.29, 0.717) is 0 Å². The van der Waals surface area contributed by atoms with Crippen LogP contribution in [0.1, 0.15) is 13.3 Å². The van der Waals surface area contributed by atoms with E-state index in [4.69, 9.17) is 5.21 Å². The summed E-state index contributed by atoms with van der Waals surface area (Å²) in [6.45, 7) is 3.69. The molecule has 0 radical (unpaired) electrons. The SMILES string of the molecule is CC(=NO)C1=CCNCC1. The van der Waals surface area contributed by atoms with Crippen LogP contribution in [-0.2, 0) is 0 Å². The lowest BCUT2D eigenvalue weighted by molar-refractivity contribution is 0.318. The van der Waals surface area contributed by atoms with Crippen LogP contribution in [0.3, 0.4) is 0 Å². The third-order valence-electron chi connectivity index (χ3n) is 1.68. The Hall–Kier alpha value is -0.830. The molecule has 0 aromatic rings. The van der Waals surface area contributed by atoms with Crippen molar-refractivity contribution in [2.75, 3.05) is 13.1 Å². The Morgan fingerprint density at radius 2 is 2.60 bits per heavy atom. The van der Waals surface area contributed by atoms with Crippen molar-refractivity contribution < 1.29 is 5.21 Å². The van der Waals surface area contributed by atoms with Crippen LogP contribution in [-0.4, -0.2) is 24.0 Å². The van der Waals surface area contributed by atoms with Crippen LogP contribution in [0.4, 0.5) is 0 Å². The molecule has 0 saturated carbocycles. The standard InChI is InChI=1S/C7H12N2O/c1-6(9-10)7-2-4-8-5-3-7/h2,8,10H,3-5H2,1H3. The van der Waals surface area contributed by atoms with Crippen LogP contribution < -0.4 is 5.32 Å². The number of nitrogens with one attached hydrogen (secondary N) is 1. The van der Waals surface area contributed by atoms with Gasteiger partial charge in [0.05, 0.1) is 5.71 Å². The lowest BCUT2D eigenvalue weighted by atomic mass is 10.1. The van der Waals surface area contributed by atoms with Gasteiger partial charge in [0.15, 0.2) is 0 Å². The third kappa shape index (κ3) is 1.57. The van der Waals surface area contributed by atoms with Crippen molar-refractivity contribution in [1.82, 2.24) is 5.32 Å². The number of rotatable bonds is 1. The highest BCUT2D eigenvalue weighted by Crippen LogP contribution is 2.05. The van der Waals surface area contributed by atoms with Crippen molar-refractivity contribution in [3.8, 4) is 0 Å². The second kappa shape index (κ2) is 3.37. The Morgan fingerprint density at radius 1 is 1.80 bits per heavy atom. The third-order valence-corrected chi connectivity index (χ3v) is 1.68. The summed E-state index contributed by atoms with van der Waals surface area (Å²) in [7, 11) is 0. The maximum Gasteiger partial charge on any atom is 0.0794 e. The van der Waals surface area contributed by atoms with Gasteiger partial charge in [-0.1, -0.05) is 11.2 Å². The zero-order chi connectivity index (χ0) is 7.40. The first-order valence-corrected chi connectivity index (χ1v) is 3.43. The van der Waals surface area contributed by atoms with Crippen LogP contribution in [0.15, 0.2) is 16.8 Å². The van der Waals surface area contributed by atoms with E-state index in [1.165, 1.54) is 0 Å². The molecule has 0 aromatic heterocycles. The largest absolute Gasteiger partial charge is 0.411 e. The Labute approximate surface area is 60.4 Å². The predicted octanol–water partition coefficient (Wildman–Crippen LogP) is 0.756. The Balaban J connectivity index is 2.62. The first-order valence-electron chi connectivity index (χ1n) is 3.43. The Kier molecular flexibility index (Phi) is 2.45. The zero-order valence-corrected chi connectivity index (χ0v) is 6.09. The van der Waals surface area contributed by atoms with Crippen LogP contribution >= 0.6 is 0 Å². The van der Waals surface area contributed by atoms with Gasteiger partial charge in [0.1, 0.15) is 0 Å². The molecule has 1 rings (SSSR count). The summed E-state index contributed by atoms with van der Waals surface area (Å²) >= 11 is 0. The van der Waals surface area contributed by atoms with Crippen LogP contribution in [0.25, 0.3) is 0 Å². The summed E-state index contributed by atoms with van der Waals surface area (Å²) in [6.07, 6.45) is 3.02. The molecular formula is C7H12N2O. The van der Waals surface area contributed by atoms with Gasteiger partial charge in [-0.25, -0.2) is 0 Å². The van der Waals surface area contributed by atoms with Crippen molar-refractivity contribution >= 4 is 5.71 Å². The van der Waals surface area contributed by atoms with E-state index in [0.717, 1.165) is 30.8 Å². The number of nitrogens with zero attached hydrogens (tertiary/aromatic N) is 1. The summed E-state index contributed by atoms with van der Waals surface area (Å²) in [4.78, 5) is 0. The molecule has 3 nitrogen and oxygen atoms in total. The van der Waals surface area contributed by atoms with Crippen molar-refractivity contribution in [2.24, 2.45) is 5.16 Å². The molecule has 0 bridgehead atoms. The van der Waals surface area contributed by atoms with Crippen LogP contribution in [0, 0.1) is 0 Å². The molecule has 1 aliphatic rings. The molecule has 0 unspecified atom stereocenters. The smallest absolute Gasteiger partial charge is 0.0794 e. The average Bonchev–Trinajstić information content (AvgIpc) is 2.05. The summed E-state index contributed by atoms with van der Waals surface area (Å²) in [5.41, 5.74) is 1.89. The molecule has 3 heteroatoms. The Morgan fingerprint density at radius 3 is 3.10 bits per heavy atom. The lowest BCUT2D eigenvalue weighted by Gasteiger charge is -2.11. The summed E-state index contributed by atoms with van der Waals surface area (Å²) in [6, 6.07) is 0. The quantitative estimate of drug-likeness (QED) is 0.321. The van der Waals surface area contributed by atoms with E-state index < -0.39 is 0 Å². The second-order valence-electron chi connectivity index (χ2n) is 2.37. The van der Waals surface area contributed by atoms with E-state index >= 15 is 0 Å². The first-order chi connectivity index (χ1) is 4.84. The number of oxime groups is 1. The molecule has 0 amide bonds.